The summed E-state index contributed by atoms with van der Waals surface area (Å²) in [6, 6.07) is -0.869. The van der Waals surface area contributed by atoms with Crippen LogP contribution in [0.15, 0.2) is 5.16 Å². The van der Waals surface area contributed by atoms with Gasteiger partial charge in [-0.25, -0.2) is 4.79 Å². The first kappa shape index (κ1) is 14.4. The van der Waals surface area contributed by atoms with E-state index < -0.39 is 24.9 Å². The van der Waals surface area contributed by atoms with Crippen LogP contribution in [0, 0.1) is 0 Å². The zero-order valence-electron chi connectivity index (χ0n) is 9.28. The Kier molecular flexibility index (Phi) is 4.59. The van der Waals surface area contributed by atoms with E-state index in [0.29, 0.717) is 0 Å². The largest absolute Gasteiger partial charge is 0.409 e. The van der Waals surface area contributed by atoms with Crippen LogP contribution < -0.4 is 11.1 Å². The number of carbonyl (C=O) groups is 1. The Morgan fingerprint density at radius 1 is 1.61 bits per heavy atom. The molecular weight excluding hydrogens is 257 g/mol. The molecule has 0 bridgehead atoms. The second kappa shape index (κ2) is 5.76. The van der Waals surface area contributed by atoms with Gasteiger partial charge in [-0.3, -0.25) is 0 Å². The normalized spacial score (nSPS) is 21.8. The van der Waals surface area contributed by atoms with Crippen molar-refractivity contribution >= 4 is 11.9 Å². The highest BCUT2D eigenvalue weighted by Crippen LogP contribution is 2.13. The second-order valence-corrected chi connectivity index (χ2v) is 3.60. The molecule has 1 atom stereocenters. The van der Waals surface area contributed by atoms with Crippen LogP contribution in [0.5, 0.6) is 0 Å². The molecule has 0 aromatic carbocycles. The molecule has 7 nitrogen and oxygen atoms in total. The lowest BCUT2D eigenvalue weighted by molar-refractivity contribution is -0.123. The Labute approximate surface area is 100 Å². The maximum absolute atomic E-state index is 11.9. The Hall–Kier alpha value is -1.71. The molecule has 0 aromatic heterocycles. The van der Waals surface area contributed by atoms with E-state index in [1.54, 1.807) is 5.32 Å². The van der Waals surface area contributed by atoms with Crippen LogP contribution in [0.2, 0.25) is 0 Å². The fourth-order valence-corrected chi connectivity index (χ4v) is 1.36. The van der Waals surface area contributed by atoms with Crippen molar-refractivity contribution in [2.75, 3.05) is 26.2 Å². The molecule has 1 rings (SSSR count). The number of nitrogens with zero attached hydrogens (tertiary/aromatic N) is 2. The number of ether oxygens (including phenoxy) is 1. The lowest BCUT2D eigenvalue weighted by Crippen LogP contribution is -2.54. The summed E-state index contributed by atoms with van der Waals surface area (Å²) in [7, 11) is 0. The number of urea groups is 1. The van der Waals surface area contributed by atoms with Crippen molar-refractivity contribution in [2.24, 2.45) is 10.9 Å². The Morgan fingerprint density at radius 2 is 2.28 bits per heavy atom. The quantitative estimate of drug-likeness (QED) is 0.278. The molecule has 1 saturated heterocycles. The lowest BCUT2D eigenvalue weighted by atomic mass is 10.2. The van der Waals surface area contributed by atoms with Crippen molar-refractivity contribution in [2.45, 2.75) is 12.3 Å². The molecule has 1 fully saturated rings. The van der Waals surface area contributed by atoms with E-state index in [2.05, 4.69) is 5.16 Å². The minimum atomic E-state index is -4.47. The van der Waals surface area contributed by atoms with Crippen molar-refractivity contribution in [1.82, 2.24) is 10.2 Å². The lowest BCUT2D eigenvalue weighted by Gasteiger charge is -2.32. The highest BCUT2D eigenvalue weighted by Gasteiger charge is 2.31. The maximum Gasteiger partial charge on any atom is 0.405 e. The summed E-state index contributed by atoms with van der Waals surface area (Å²) in [4.78, 5) is 12.5. The summed E-state index contributed by atoms with van der Waals surface area (Å²) in [6.07, 6.45) is -5.28. The number of amides is 2. The van der Waals surface area contributed by atoms with Gasteiger partial charge < -0.3 is 25.9 Å². The maximum atomic E-state index is 11.9. The average molecular weight is 270 g/mol. The first-order chi connectivity index (χ1) is 8.33. The summed E-state index contributed by atoms with van der Waals surface area (Å²) in [5.74, 6) is -0.233. The predicted octanol–water partition coefficient (Wildman–Crippen LogP) is -0.295. The molecule has 0 aliphatic carbocycles. The molecule has 10 heteroatoms. The van der Waals surface area contributed by atoms with E-state index in [-0.39, 0.29) is 25.5 Å². The molecule has 18 heavy (non-hydrogen) atoms. The monoisotopic (exact) mass is 270 g/mol. The van der Waals surface area contributed by atoms with Crippen molar-refractivity contribution in [3.63, 3.8) is 0 Å². The molecule has 0 aromatic rings. The van der Waals surface area contributed by atoms with Gasteiger partial charge >= 0.3 is 12.2 Å². The number of halogens is 3. The highest BCUT2D eigenvalue weighted by atomic mass is 19.4. The number of hydrogen-bond donors (Lipinski definition) is 3. The number of amidine groups is 1. The molecule has 0 saturated carbocycles. The van der Waals surface area contributed by atoms with Gasteiger partial charge in [-0.1, -0.05) is 5.16 Å². The van der Waals surface area contributed by atoms with Crippen LogP contribution in [-0.2, 0) is 4.74 Å². The summed E-state index contributed by atoms with van der Waals surface area (Å²) < 4.78 is 40.8. The molecule has 2 amide bonds. The average Bonchev–Trinajstić information content (AvgIpc) is 2.34. The third-order valence-electron chi connectivity index (χ3n) is 2.24. The van der Waals surface area contributed by atoms with Gasteiger partial charge in [-0.2, -0.15) is 13.2 Å². The van der Waals surface area contributed by atoms with Crippen LogP contribution in [0.25, 0.3) is 0 Å². The van der Waals surface area contributed by atoms with E-state index in [4.69, 9.17) is 15.7 Å². The molecule has 4 N–H and O–H groups in total. The Morgan fingerprint density at radius 3 is 2.83 bits per heavy atom. The second-order valence-electron chi connectivity index (χ2n) is 3.60. The number of rotatable bonds is 2. The van der Waals surface area contributed by atoms with Gasteiger partial charge in [0.25, 0.3) is 0 Å². The number of oxime groups is 1. The highest BCUT2D eigenvalue weighted by molar-refractivity contribution is 5.85. The standard InChI is InChI=1S/C8H13F3N4O3/c9-8(10,11)4-13-7(16)15-1-2-18-5(3-15)6(12)14-17/h5,17H,1-4H2,(H2,12,14)(H,13,16). The Balaban J connectivity index is 2.48. The number of carbonyl (C=O) groups excluding carboxylic acids is 1. The van der Waals surface area contributed by atoms with E-state index in [0.717, 1.165) is 4.90 Å². The molecule has 0 radical (unpaired) electrons. The topological polar surface area (TPSA) is 100 Å². The fraction of sp³-hybridized carbons (Fsp3) is 0.750. The minimum absolute atomic E-state index is 0.0699. The van der Waals surface area contributed by atoms with Gasteiger partial charge in [0.2, 0.25) is 0 Å². The van der Waals surface area contributed by atoms with Crippen LogP contribution >= 0.6 is 0 Å². The van der Waals surface area contributed by atoms with Crippen LogP contribution in [0.3, 0.4) is 0 Å². The van der Waals surface area contributed by atoms with Crippen LogP contribution in [0.1, 0.15) is 0 Å². The number of nitrogens with two attached hydrogens (primary N) is 1. The third kappa shape index (κ3) is 4.28. The number of morpholine rings is 1. The fourth-order valence-electron chi connectivity index (χ4n) is 1.36. The summed E-state index contributed by atoms with van der Waals surface area (Å²) >= 11 is 0. The molecule has 1 aliphatic heterocycles. The molecule has 0 spiro atoms. The minimum Gasteiger partial charge on any atom is -0.409 e. The van der Waals surface area contributed by atoms with E-state index >= 15 is 0 Å². The summed E-state index contributed by atoms with van der Waals surface area (Å²) in [5, 5.41) is 12.9. The first-order valence-electron chi connectivity index (χ1n) is 5.02. The number of nitrogens with one attached hydrogen (secondary N) is 1. The Bertz CT molecular complexity index is 334. The smallest absolute Gasteiger partial charge is 0.405 e. The van der Waals surface area contributed by atoms with Gasteiger partial charge in [-0.05, 0) is 0 Å². The van der Waals surface area contributed by atoms with Gasteiger partial charge in [0.1, 0.15) is 12.6 Å². The van der Waals surface area contributed by atoms with Crippen molar-refractivity contribution in [1.29, 1.82) is 0 Å². The third-order valence-corrected chi connectivity index (χ3v) is 2.24. The number of alkyl halides is 3. The molecule has 1 unspecified atom stereocenters. The molecule has 1 aliphatic rings. The number of hydrogen-bond acceptors (Lipinski definition) is 4. The zero-order chi connectivity index (χ0) is 13.8. The molecular formula is C8H13F3N4O3. The van der Waals surface area contributed by atoms with Crippen molar-refractivity contribution in [3.8, 4) is 0 Å². The van der Waals surface area contributed by atoms with E-state index in [9.17, 15) is 18.0 Å². The summed E-state index contributed by atoms with van der Waals surface area (Å²) in [6.45, 7) is -1.24. The van der Waals surface area contributed by atoms with Gasteiger partial charge in [0.15, 0.2) is 5.84 Å². The van der Waals surface area contributed by atoms with E-state index in [1.807, 2.05) is 0 Å². The van der Waals surface area contributed by atoms with Gasteiger partial charge in [-0.15, -0.1) is 0 Å². The van der Waals surface area contributed by atoms with Gasteiger partial charge in [0, 0.05) is 6.54 Å². The SMILES string of the molecule is NC(=NO)C1CN(C(=O)NCC(F)(F)F)CCO1. The molecule has 1 heterocycles. The van der Waals surface area contributed by atoms with Crippen LogP contribution in [-0.4, -0.2) is 60.5 Å². The van der Waals surface area contributed by atoms with Crippen molar-refractivity contribution < 1.29 is 27.9 Å². The summed E-state index contributed by atoms with van der Waals surface area (Å²) in [5.41, 5.74) is 5.29. The van der Waals surface area contributed by atoms with E-state index in [1.165, 1.54) is 0 Å². The molecule has 104 valence electrons. The predicted molar refractivity (Wildman–Crippen MR) is 54.2 cm³/mol. The zero-order valence-corrected chi connectivity index (χ0v) is 9.28. The first-order valence-corrected chi connectivity index (χ1v) is 5.02. The van der Waals surface area contributed by atoms with Crippen LogP contribution in [0.4, 0.5) is 18.0 Å². The van der Waals surface area contributed by atoms with Crippen molar-refractivity contribution in [3.05, 3.63) is 0 Å². The van der Waals surface area contributed by atoms with Gasteiger partial charge in [0.05, 0.1) is 13.2 Å².